The highest BCUT2D eigenvalue weighted by Gasteiger charge is 2.56. The Morgan fingerprint density at radius 3 is 2.58 bits per heavy atom. The van der Waals surface area contributed by atoms with Crippen molar-refractivity contribution in [1.29, 1.82) is 0 Å². The molecule has 0 saturated heterocycles. The van der Waals surface area contributed by atoms with Crippen LogP contribution in [0.5, 0.6) is 0 Å². The van der Waals surface area contributed by atoms with Crippen LogP contribution in [0.25, 0.3) is 0 Å². The minimum Gasteiger partial charge on any atom is -0.336 e. The molecule has 4 fully saturated rings. The van der Waals surface area contributed by atoms with Gasteiger partial charge in [0.25, 0.3) is 0 Å². The molecule has 0 aliphatic heterocycles. The average molecular weight is 370 g/mol. The van der Waals surface area contributed by atoms with Crippen LogP contribution in [0.3, 0.4) is 0 Å². The Kier molecular flexibility index (Phi) is 4.00. The SMILES string of the molecule is O=C(NCC12C[C@H]3C[C@@H](CC(Cl)(C3)C1)C2)NNc1ccc(Cl)nn1. The van der Waals surface area contributed by atoms with Crippen LogP contribution in [0, 0.1) is 17.3 Å². The zero-order chi connectivity index (χ0) is 16.8. The molecule has 2 atom stereocenters. The van der Waals surface area contributed by atoms with E-state index in [9.17, 15) is 4.79 Å². The van der Waals surface area contributed by atoms with E-state index < -0.39 is 0 Å². The molecular weight excluding hydrogens is 349 g/mol. The number of carbonyl (C=O) groups is 1. The van der Waals surface area contributed by atoms with Gasteiger partial charge in [-0.2, -0.15) is 0 Å². The molecule has 6 nitrogen and oxygen atoms in total. The number of alkyl halides is 1. The summed E-state index contributed by atoms with van der Waals surface area (Å²) < 4.78 is 0. The van der Waals surface area contributed by atoms with E-state index in [2.05, 4.69) is 26.4 Å². The van der Waals surface area contributed by atoms with Crippen molar-refractivity contribution in [3.05, 3.63) is 17.3 Å². The number of hydrogen-bond donors (Lipinski definition) is 3. The third kappa shape index (κ3) is 3.26. The van der Waals surface area contributed by atoms with Crippen LogP contribution in [0.2, 0.25) is 5.15 Å². The summed E-state index contributed by atoms with van der Waals surface area (Å²) in [6.45, 7) is 0.675. The molecule has 4 aliphatic rings. The van der Waals surface area contributed by atoms with Crippen molar-refractivity contribution >= 4 is 35.1 Å². The second-order valence-corrected chi connectivity index (χ2v) is 8.97. The molecule has 1 aromatic heterocycles. The fourth-order valence-corrected chi connectivity index (χ4v) is 6.18. The van der Waals surface area contributed by atoms with E-state index in [0.29, 0.717) is 17.5 Å². The highest BCUT2D eigenvalue weighted by molar-refractivity contribution is 6.29. The molecule has 0 unspecified atom stereocenters. The highest BCUT2D eigenvalue weighted by atomic mass is 35.5. The molecule has 4 aliphatic carbocycles. The lowest BCUT2D eigenvalue weighted by Crippen LogP contribution is -2.57. The van der Waals surface area contributed by atoms with Gasteiger partial charge in [0.05, 0.1) is 0 Å². The first-order valence-electron chi connectivity index (χ1n) is 8.42. The summed E-state index contributed by atoms with van der Waals surface area (Å²) in [7, 11) is 0. The number of amides is 2. The predicted molar refractivity (Wildman–Crippen MR) is 92.9 cm³/mol. The third-order valence-corrected chi connectivity index (χ3v) is 6.31. The van der Waals surface area contributed by atoms with Gasteiger partial charge in [-0.3, -0.25) is 10.9 Å². The van der Waals surface area contributed by atoms with Crippen LogP contribution < -0.4 is 16.2 Å². The van der Waals surface area contributed by atoms with Gasteiger partial charge < -0.3 is 5.32 Å². The molecule has 3 N–H and O–H groups in total. The van der Waals surface area contributed by atoms with Crippen molar-refractivity contribution in [3.8, 4) is 0 Å². The van der Waals surface area contributed by atoms with Gasteiger partial charge in [-0.15, -0.1) is 21.8 Å². The van der Waals surface area contributed by atoms with Gasteiger partial charge in [-0.25, -0.2) is 4.79 Å². The first-order valence-corrected chi connectivity index (χ1v) is 9.17. The Bertz CT molecular complexity index is 624. The summed E-state index contributed by atoms with van der Waals surface area (Å²) in [5.74, 6) is 1.90. The molecule has 4 saturated carbocycles. The van der Waals surface area contributed by atoms with Gasteiger partial charge in [0.1, 0.15) is 0 Å². The lowest BCUT2D eigenvalue weighted by molar-refractivity contribution is -0.0372. The topological polar surface area (TPSA) is 78.9 Å². The molecule has 1 heterocycles. The highest BCUT2D eigenvalue weighted by Crippen LogP contribution is 2.63. The molecule has 2 amide bonds. The fourth-order valence-electron chi connectivity index (χ4n) is 5.36. The van der Waals surface area contributed by atoms with Gasteiger partial charge in [-0.1, -0.05) is 11.6 Å². The Balaban J connectivity index is 1.30. The lowest BCUT2D eigenvalue weighted by Gasteiger charge is -2.60. The van der Waals surface area contributed by atoms with Crippen LogP contribution in [-0.4, -0.2) is 27.6 Å². The molecule has 0 aromatic carbocycles. The molecule has 5 rings (SSSR count). The Hall–Kier alpha value is -1.27. The van der Waals surface area contributed by atoms with Crippen molar-refractivity contribution < 1.29 is 4.79 Å². The first-order chi connectivity index (χ1) is 11.4. The molecule has 24 heavy (non-hydrogen) atoms. The maximum Gasteiger partial charge on any atom is 0.333 e. The van der Waals surface area contributed by atoms with Crippen molar-refractivity contribution in [2.24, 2.45) is 17.3 Å². The second-order valence-electron chi connectivity index (χ2n) is 7.79. The Labute approximate surface area is 151 Å². The van der Waals surface area contributed by atoms with Crippen molar-refractivity contribution in [2.75, 3.05) is 12.0 Å². The van der Waals surface area contributed by atoms with Gasteiger partial charge in [0.15, 0.2) is 11.0 Å². The van der Waals surface area contributed by atoms with E-state index in [1.807, 2.05) is 0 Å². The number of hydrazine groups is 1. The van der Waals surface area contributed by atoms with E-state index in [1.54, 1.807) is 12.1 Å². The third-order valence-electron chi connectivity index (χ3n) is 5.67. The van der Waals surface area contributed by atoms with E-state index in [4.69, 9.17) is 23.2 Å². The molecule has 8 heteroatoms. The second kappa shape index (κ2) is 5.92. The predicted octanol–water partition coefficient (Wildman–Crippen LogP) is 3.33. The summed E-state index contributed by atoms with van der Waals surface area (Å²) in [6, 6.07) is 2.98. The largest absolute Gasteiger partial charge is 0.336 e. The number of nitrogens with one attached hydrogen (secondary N) is 3. The molecule has 1 aromatic rings. The number of halogens is 2. The minimum absolute atomic E-state index is 0.0284. The van der Waals surface area contributed by atoms with Gasteiger partial charge in [-0.05, 0) is 67.9 Å². The number of carbonyl (C=O) groups excluding carboxylic acids is 1. The van der Waals surface area contributed by atoms with E-state index in [1.165, 1.54) is 19.3 Å². The number of nitrogens with zero attached hydrogens (tertiary/aromatic N) is 2. The van der Waals surface area contributed by atoms with E-state index >= 15 is 0 Å². The Morgan fingerprint density at radius 2 is 1.96 bits per heavy atom. The van der Waals surface area contributed by atoms with Crippen LogP contribution in [0.1, 0.15) is 38.5 Å². The minimum atomic E-state index is -0.272. The van der Waals surface area contributed by atoms with Gasteiger partial charge in [0.2, 0.25) is 0 Å². The average Bonchev–Trinajstić information content (AvgIpc) is 2.50. The smallest absolute Gasteiger partial charge is 0.333 e. The van der Waals surface area contributed by atoms with Gasteiger partial charge in [0, 0.05) is 11.4 Å². The number of urea groups is 1. The maximum absolute atomic E-state index is 12.1. The zero-order valence-electron chi connectivity index (χ0n) is 13.3. The zero-order valence-corrected chi connectivity index (χ0v) is 14.8. The normalized spacial score (nSPS) is 36.4. The molecule has 130 valence electrons. The number of anilines is 1. The summed E-state index contributed by atoms with van der Waals surface area (Å²) in [4.78, 5) is 12.0. The quantitative estimate of drug-likeness (QED) is 0.561. The molecule has 0 spiro atoms. The van der Waals surface area contributed by atoms with E-state index in [0.717, 1.165) is 31.1 Å². The van der Waals surface area contributed by atoms with E-state index in [-0.39, 0.29) is 16.3 Å². The summed E-state index contributed by atoms with van der Waals surface area (Å²) in [5, 5.41) is 10.8. The summed E-state index contributed by atoms with van der Waals surface area (Å²) in [5.41, 5.74) is 5.47. The van der Waals surface area contributed by atoms with Crippen LogP contribution in [0.4, 0.5) is 10.6 Å². The van der Waals surface area contributed by atoms with Crippen molar-refractivity contribution in [2.45, 2.75) is 43.4 Å². The monoisotopic (exact) mass is 369 g/mol. The maximum atomic E-state index is 12.1. The summed E-state index contributed by atoms with van der Waals surface area (Å²) in [6.07, 6.45) is 7.01. The lowest BCUT2D eigenvalue weighted by atomic mass is 9.49. The summed E-state index contributed by atoms with van der Waals surface area (Å²) >= 11 is 12.5. The van der Waals surface area contributed by atoms with Crippen molar-refractivity contribution in [3.63, 3.8) is 0 Å². The first kappa shape index (κ1) is 16.2. The van der Waals surface area contributed by atoms with Crippen LogP contribution in [0.15, 0.2) is 12.1 Å². The fraction of sp³-hybridized carbons (Fsp3) is 0.688. The standard InChI is InChI=1S/C16H21Cl2N5O/c17-12-1-2-13(21-20-12)22-23-14(24)19-9-15-4-10-3-11(5-15)7-16(18,6-10)8-15/h1-2,10-11H,3-9H2,(H,21,22)(H2,19,23,24)/t10-,11-,15?,16?/m1/s1. The van der Waals surface area contributed by atoms with Crippen LogP contribution >= 0.6 is 23.2 Å². The molecular formula is C16H21Cl2N5O. The van der Waals surface area contributed by atoms with Crippen LogP contribution in [-0.2, 0) is 0 Å². The molecule has 0 radical (unpaired) electrons. The number of aromatic nitrogens is 2. The Morgan fingerprint density at radius 1 is 1.21 bits per heavy atom. The van der Waals surface area contributed by atoms with Crippen molar-refractivity contribution in [1.82, 2.24) is 20.9 Å². The number of hydrogen-bond acceptors (Lipinski definition) is 4. The number of rotatable bonds is 4. The van der Waals surface area contributed by atoms with Gasteiger partial charge >= 0.3 is 6.03 Å². The molecule has 4 bridgehead atoms.